The number of aliphatic hydroxyl groups is 6. The third kappa shape index (κ3) is 7.85. The van der Waals surface area contributed by atoms with Crippen molar-refractivity contribution < 1.29 is 44.8 Å². The summed E-state index contributed by atoms with van der Waals surface area (Å²) in [7, 11) is 0. The molecule has 9 nitrogen and oxygen atoms in total. The van der Waals surface area contributed by atoms with Crippen molar-refractivity contribution in [1.29, 1.82) is 0 Å². The van der Waals surface area contributed by atoms with Crippen LogP contribution in [0, 0.1) is 11.8 Å². The molecule has 8 atom stereocenters. The maximum absolute atomic E-state index is 11.7. The molecule has 6 N–H and O–H groups in total. The van der Waals surface area contributed by atoms with E-state index in [1.165, 1.54) is 0 Å². The number of hydrogen-bond acceptors (Lipinski definition) is 9. The summed E-state index contributed by atoms with van der Waals surface area (Å²) in [6.07, 6.45) is 2.06. The van der Waals surface area contributed by atoms with Gasteiger partial charge in [-0.2, -0.15) is 0 Å². The molecule has 1 spiro atoms. The largest absolute Gasteiger partial charge is 0.483 e. The Bertz CT molecular complexity index is 920. The number of hydrogen-bond donors (Lipinski definition) is 6. The predicted octanol–water partition coefficient (Wildman–Crippen LogP) is 2.60. The summed E-state index contributed by atoms with van der Waals surface area (Å²) >= 11 is 0. The lowest BCUT2D eigenvalue weighted by Crippen LogP contribution is -2.70. The van der Waals surface area contributed by atoms with Gasteiger partial charge in [0.25, 0.3) is 0 Å². The topological polar surface area (TPSA) is 149 Å². The fourth-order valence-electron chi connectivity index (χ4n) is 5.78. The van der Waals surface area contributed by atoms with Crippen molar-refractivity contribution >= 4 is 0 Å². The number of benzene rings is 1. The lowest BCUT2D eigenvalue weighted by atomic mass is 9.75. The molecule has 1 aromatic rings. The highest BCUT2D eigenvalue weighted by atomic mass is 16.7. The number of aliphatic hydroxyl groups excluding tert-OH is 6. The van der Waals surface area contributed by atoms with Gasteiger partial charge in [0.2, 0.25) is 6.29 Å². The first-order valence-electron chi connectivity index (χ1n) is 14.6. The van der Waals surface area contributed by atoms with Crippen LogP contribution in [0.2, 0.25) is 0 Å². The average Bonchev–Trinajstić information content (AvgIpc) is 3.11. The Morgan fingerprint density at radius 3 is 2.48 bits per heavy atom. The maximum Gasteiger partial charge on any atom is 0.243 e. The van der Waals surface area contributed by atoms with E-state index in [2.05, 4.69) is 13.5 Å². The van der Waals surface area contributed by atoms with E-state index in [0.29, 0.717) is 37.2 Å². The van der Waals surface area contributed by atoms with Gasteiger partial charge >= 0.3 is 0 Å². The van der Waals surface area contributed by atoms with Gasteiger partial charge in [-0.25, -0.2) is 0 Å². The quantitative estimate of drug-likeness (QED) is 0.140. The third-order valence-corrected chi connectivity index (χ3v) is 8.06. The second-order valence-electron chi connectivity index (χ2n) is 11.0. The first-order valence-corrected chi connectivity index (χ1v) is 14.6. The van der Waals surface area contributed by atoms with Gasteiger partial charge in [-0.05, 0) is 67.7 Å². The molecule has 40 heavy (non-hydrogen) atoms. The fourth-order valence-corrected chi connectivity index (χ4v) is 5.78. The zero-order chi connectivity index (χ0) is 29.1. The fraction of sp³-hybridized carbons (Fsp3) is 0.677. The molecular formula is C31H48O9. The summed E-state index contributed by atoms with van der Waals surface area (Å²) in [5.41, 5.74) is -0.573. The van der Waals surface area contributed by atoms with Crippen LogP contribution in [0.25, 0.3) is 0 Å². The molecule has 0 saturated carbocycles. The van der Waals surface area contributed by atoms with Gasteiger partial charge in [0, 0.05) is 32.7 Å². The van der Waals surface area contributed by atoms with E-state index in [0.717, 1.165) is 24.8 Å². The van der Waals surface area contributed by atoms with Crippen LogP contribution in [0.3, 0.4) is 0 Å². The van der Waals surface area contributed by atoms with Crippen molar-refractivity contribution in [1.82, 2.24) is 0 Å². The van der Waals surface area contributed by atoms with E-state index < -0.39 is 42.2 Å². The first kappa shape index (κ1) is 32.5. The molecule has 226 valence electrons. The predicted molar refractivity (Wildman–Crippen MR) is 150 cm³/mol. The number of rotatable bonds is 15. The van der Waals surface area contributed by atoms with E-state index in [1.54, 1.807) is 18.2 Å². The van der Waals surface area contributed by atoms with E-state index >= 15 is 0 Å². The first-order chi connectivity index (χ1) is 19.3. The van der Waals surface area contributed by atoms with E-state index in [-0.39, 0.29) is 38.6 Å². The van der Waals surface area contributed by atoms with Crippen LogP contribution in [0.1, 0.15) is 63.9 Å². The number of allylic oxidation sites excluding steroid dienone is 3. The van der Waals surface area contributed by atoms with Gasteiger partial charge in [-0.3, -0.25) is 0 Å². The van der Waals surface area contributed by atoms with E-state index in [4.69, 9.17) is 14.2 Å². The Kier molecular flexibility index (Phi) is 12.9. The van der Waals surface area contributed by atoms with Crippen LogP contribution in [0.5, 0.6) is 5.75 Å². The third-order valence-electron chi connectivity index (χ3n) is 8.06. The highest BCUT2D eigenvalue weighted by Crippen LogP contribution is 2.46. The lowest BCUT2D eigenvalue weighted by molar-refractivity contribution is -0.336. The summed E-state index contributed by atoms with van der Waals surface area (Å²) in [6, 6.07) is 7.33. The number of unbranched alkanes of at least 4 members (excludes halogenated alkanes) is 2. The summed E-state index contributed by atoms with van der Waals surface area (Å²) < 4.78 is 19.2. The summed E-state index contributed by atoms with van der Waals surface area (Å²) in [4.78, 5) is 0. The molecule has 0 amide bonds. The highest BCUT2D eigenvalue weighted by molar-refractivity contribution is 5.29. The minimum atomic E-state index is -1.61. The Morgan fingerprint density at radius 2 is 1.85 bits per heavy atom. The van der Waals surface area contributed by atoms with Gasteiger partial charge < -0.3 is 44.8 Å². The molecule has 0 radical (unpaired) electrons. The van der Waals surface area contributed by atoms with Crippen molar-refractivity contribution in [2.24, 2.45) is 11.8 Å². The van der Waals surface area contributed by atoms with Gasteiger partial charge in [0.1, 0.15) is 24.1 Å². The van der Waals surface area contributed by atoms with Crippen LogP contribution in [-0.2, 0) is 15.9 Å². The second-order valence-corrected chi connectivity index (χ2v) is 11.0. The van der Waals surface area contributed by atoms with Gasteiger partial charge in [-0.1, -0.05) is 38.0 Å². The molecule has 3 rings (SSSR count). The van der Waals surface area contributed by atoms with Crippen LogP contribution < -0.4 is 4.74 Å². The van der Waals surface area contributed by atoms with Gasteiger partial charge in [0.05, 0.1) is 11.9 Å². The van der Waals surface area contributed by atoms with Gasteiger partial charge in [0.15, 0.2) is 5.60 Å². The number of ether oxygens (including phenoxy) is 3. The monoisotopic (exact) mass is 564 g/mol. The molecule has 1 saturated heterocycles. The molecule has 2 heterocycles. The molecule has 0 aliphatic carbocycles. The molecule has 0 unspecified atom stereocenters. The van der Waals surface area contributed by atoms with Crippen LogP contribution in [0.15, 0.2) is 48.8 Å². The summed E-state index contributed by atoms with van der Waals surface area (Å²) in [6.45, 7) is 5.42. The van der Waals surface area contributed by atoms with Gasteiger partial charge in [-0.15, -0.1) is 6.58 Å². The van der Waals surface area contributed by atoms with Crippen molar-refractivity contribution in [3.8, 4) is 5.75 Å². The Labute approximate surface area is 237 Å². The minimum Gasteiger partial charge on any atom is -0.483 e. The minimum absolute atomic E-state index is 0.0787. The molecule has 2 aliphatic heterocycles. The molecule has 0 aromatic heterocycles. The van der Waals surface area contributed by atoms with Crippen LogP contribution >= 0.6 is 0 Å². The molecular weight excluding hydrogens is 516 g/mol. The van der Waals surface area contributed by atoms with Crippen molar-refractivity contribution in [2.45, 2.75) is 101 Å². The zero-order valence-electron chi connectivity index (χ0n) is 23.6. The molecule has 2 aliphatic rings. The molecule has 0 bridgehead atoms. The molecule has 1 fully saturated rings. The van der Waals surface area contributed by atoms with Crippen LogP contribution in [0.4, 0.5) is 0 Å². The normalized spacial score (nSPS) is 31.2. The average molecular weight is 565 g/mol. The SMILES string of the molecule is C=CCc1ccc(O[C@H]2O[C@H]([C@H](O)CCCO)[C@@H](O)[C@H](O)[C@]23C[C@@H](CO)[C@@H](CCO)C=C(CCCCC)O3)cc1. The van der Waals surface area contributed by atoms with Crippen molar-refractivity contribution in [2.75, 3.05) is 19.8 Å². The Morgan fingerprint density at radius 1 is 1.10 bits per heavy atom. The smallest absolute Gasteiger partial charge is 0.243 e. The standard InChI is InChI=1S/C31H48O9/c1-3-5-6-9-25-18-22(15-17-33)23(20-34)19-31(40-25)29(37)27(36)28(26(35)10-7-16-32)39-30(31)38-24-13-11-21(8-4-2)12-14-24/h4,11-14,18,22-23,26-30,32-37H,2-3,5-10,15-17,19-20H2,1H3/t22-,23-,26+,27+,28+,29-,30-,31+/m0/s1. The Balaban J connectivity index is 2.04. The van der Waals surface area contributed by atoms with E-state index in [9.17, 15) is 30.6 Å². The van der Waals surface area contributed by atoms with Crippen LogP contribution in [-0.4, -0.2) is 86.8 Å². The molecule has 9 heteroatoms. The summed E-state index contributed by atoms with van der Waals surface area (Å²) in [5, 5.41) is 63.2. The highest BCUT2D eigenvalue weighted by Gasteiger charge is 2.62. The lowest BCUT2D eigenvalue weighted by Gasteiger charge is -2.52. The second kappa shape index (κ2) is 15.9. The zero-order valence-corrected chi connectivity index (χ0v) is 23.6. The maximum atomic E-state index is 11.7. The van der Waals surface area contributed by atoms with Crippen molar-refractivity contribution in [3.63, 3.8) is 0 Å². The summed E-state index contributed by atoms with van der Waals surface area (Å²) in [5.74, 6) is 0.397. The molecule has 1 aromatic carbocycles. The Hall–Kier alpha value is -1.98. The van der Waals surface area contributed by atoms with E-state index in [1.807, 2.05) is 18.2 Å². The van der Waals surface area contributed by atoms with Crippen molar-refractivity contribution in [3.05, 3.63) is 54.3 Å².